The molecule has 0 fully saturated rings. The minimum Gasteiger partial charge on any atom is -0.497 e. The first-order chi connectivity index (χ1) is 12.7. The number of methoxy groups -OCH3 is 1. The van der Waals surface area contributed by atoms with Crippen molar-refractivity contribution >= 4 is 11.6 Å². The van der Waals surface area contributed by atoms with E-state index in [0.717, 1.165) is 28.1 Å². The molecular weight excluding hydrogens is 326 g/mol. The Balaban J connectivity index is 1.86. The molecule has 2 aromatic carbocycles. The summed E-state index contributed by atoms with van der Waals surface area (Å²) in [7, 11) is 1.61. The molecule has 4 heteroatoms. The third-order valence-corrected chi connectivity index (χ3v) is 5.17. The molecule has 0 aliphatic heterocycles. The van der Waals surface area contributed by atoms with Crippen LogP contribution in [0.3, 0.4) is 0 Å². The van der Waals surface area contributed by atoms with Gasteiger partial charge in [0, 0.05) is 28.7 Å². The van der Waals surface area contributed by atoms with E-state index in [0.29, 0.717) is 35.2 Å². The molecule has 126 valence electrons. The molecule has 5 rings (SSSR count). The molecular formula is C22H15NO3. The number of fused-ring (bicyclic) bond motifs is 4. The average molecular weight is 341 g/mol. The summed E-state index contributed by atoms with van der Waals surface area (Å²) in [4.78, 5) is 30.5. The van der Waals surface area contributed by atoms with Crippen LogP contribution in [0.2, 0.25) is 0 Å². The summed E-state index contributed by atoms with van der Waals surface area (Å²) in [5.41, 5.74) is 5.72. The van der Waals surface area contributed by atoms with Gasteiger partial charge in [-0.15, -0.1) is 0 Å². The monoisotopic (exact) mass is 341 g/mol. The van der Waals surface area contributed by atoms with Gasteiger partial charge in [-0.2, -0.15) is 0 Å². The van der Waals surface area contributed by atoms with Crippen LogP contribution in [0.5, 0.6) is 5.75 Å². The predicted octanol–water partition coefficient (Wildman–Crippen LogP) is 4.10. The molecule has 0 saturated carbocycles. The first-order valence-electron chi connectivity index (χ1n) is 8.57. The number of aryl methyl sites for hydroxylation is 1. The maximum Gasteiger partial charge on any atom is 0.196 e. The van der Waals surface area contributed by atoms with Crippen LogP contribution in [0.15, 0.2) is 48.5 Å². The molecule has 0 spiro atoms. The number of carbonyl (C=O) groups is 2. The number of pyridine rings is 1. The van der Waals surface area contributed by atoms with Gasteiger partial charge in [0.05, 0.1) is 24.1 Å². The van der Waals surface area contributed by atoms with E-state index in [1.165, 1.54) is 0 Å². The minimum atomic E-state index is -0.0589. The van der Waals surface area contributed by atoms with Gasteiger partial charge in [-0.3, -0.25) is 14.6 Å². The summed E-state index contributed by atoms with van der Waals surface area (Å²) in [6.45, 7) is 0. The summed E-state index contributed by atoms with van der Waals surface area (Å²) in [5, 5.41) is 0. The molecule has 0 saturated heterocycles. The molecule has 1 aromatic heterocycles. The summed E-state index contributed by atoms with van der Waals surface area (Å²) in [6, 6.07) is 15.0. The topological polar surface area (TPSA) is 56.3 Å². The summed E-state index contributed by atoms with van der Waals surface area (Å²) < 4.78 is 5.24. The van der Waals surface area contributed by atoms with Gasteiger partial charge in [0.2, 0.25) is 0 Å². The number of ketones is 2. The van der Waals surface area contributed by atoms with Gasteiger partial charge in [-0.25, -0.2) is 0 Å². The van der Waals surface area contributed by atoms with E-state index in [-0.39, 0.29) is 11.6 Å². The second-order valence-electron chi connectivity index (χ2n) is 6.56. The van der Waals surface area contributed by atoms with Crippen LogP contribution in [0.1, 0.15) is 38.4 Å². The van der Waals surface area contributed by atoms with E-state index in [1.54, 1.807) is 7.11 Å². The van der Waals surface area contributed by atoms with Gasteiger partial charge in [0.15, 0.2) is 11.6 Å². The molecule has 0 radical (unpaired) electrons. The minimum absolute atomic E-state index is 0.0589. The van der Waals surface area contributed by atoms with E-state index < -0.39 is 0 Å². The number of carbonyl (C=O) groups excluding carboxylic acids is 2. The SMILES string of the molecule is COc1ccc(-c2c3c(nc4c2C(=O)c2ccccc2-4)CCC3=O)cc1. The zero-order valence-electron chi connectivity index (χ0n) is 14.2. The summed E-state index contributed by atoms with van der Waals surface area (Å²) >= 11 is 0. The Labute approximate surface area is 150 Å². The number of hydrogen-bond acceptors (Lipinski definition) is 4. The molecule has 3 aromatic rings. The van der Waals surface area contributed by atoms with Crippen molar-refractivity contribution < 1.29 is 14.3 Å². The first kappa shape index (κ1) is 15.0. The summed E-state index contributed by atoms with van der Waals surface area (Å²) in [6.07, 6.45) is 1.07. The van der Waals surface area contributed by atoms with Gasteiger partial charge in [0.25, 0.3) is 0 Å². The van der Waals surface area contributed by atoms with Crippen molar-refractivity contribution in [3.05, 3.63) is 70.9 Å². The third-order valence-electron chi connectivity index (χ3n) is 5.17. The molecule has 0 unspecified atom stereocenters. The highest BCUT2D eigenvalue weighted by Gasteiger charge is 2.37. The smallest absolute Gasteiger partial charge is 0.196 e. The molecule has 0 bridgehead atoms. The Morgan fingerprint density at radius 3 is 2.31 bits per heavy atom. The molecule has 0 atom stereocenters. The van der Waals surface area contributed by atoms with Crippen molar-refractivity contribution in [1.29, 1.82) is 0 Å². The average Bonchev–Trinajstić information content (AvgIpc) is 3.19. The molecule has 0 amide bonds. The van der Waals surface area contributed by atoms with Crippen molar-refractivity contribution in [2.45, 2.75) is 12.8 Å². The van der Waals surface area contributed by atoms with Crippen molar-refractivity contribution in [3.8, 4) is 28.1 Å². The maximum atomic E-state index is 13.1. The normalized spacial score (nSPS) is 14.2. The zero-order valence-corrected chi connectivity index (χ0v) is 14.2. The fourth-order valence-electron chi connectivity index (χ4n) is 3.96. The standard InChI is InChI=1S/C22H15NO3/c1-26-13-8-6-12(7-9-13)18-19-16(10-11-17(19)24)23-21-14-4-2-3-5-15(14)22(25)20(18)21/h2-9H,10-11H2,1H3. The number of nitrogens with zero attached hydrogens (tertiary/aromatic N) is 1. The number of ether oxygens (including phenoxy) is 1. The lowest BCUT2D eigenvalue weighted by Gasteiger charge is -2.13. The second-order valence-corrected chi connectivity index (χ2v) is 6.56. The number of Topliss-reactive ketones (excluding diaryl/α,β-unsaturated/α-hetero) is 1. The number of benzene rings is 2. The van der Waals surface area contributed by atoms with Crippen LogP contribution in [-0.4, -0.2) is 23.7 Å². The second kappa shape index (κ2) is 5.36. The van der Waals surface area contributed by atoms with Gasteiger partial charge in [-0.05, 0) is 24.1 Å². The number of aromatic nitrogens is 1. The number of hydrogen-bond donors (Lipinski definition) is 0. The van der Waals surface area contributed by atoms with Crippen LogP contribution in [0.25, 0.3) is 22.4 Å². The van der Waals surface area contributed by atoms with E-state index >= 15 is 0 Å². The quantitative estimate of drug-likeness (QED) is 0.551. The number of rotatable bonds is 2. The van der Waals surface area contributed by atoms with Crippen LogP contribution in [-0.2, 0) is 6.42 Å². The molecule has 4 nitrogen and oxygen atoms in total. The fraction of sp³-hybridized carbons (Fsp3) is 0.136. The van der Waals surface area contributed by atoms with Crippen LogP contribution < -0.4 is 4.74 Å². The first-order valence-corrected chi connectivity index (χ1v) is 8.57. The fourth-order valence-corrected chi connectivity index (χ4v) is 3.96. The Bertz CT molecular complexity index is 1100. The molecule has 26 heavy (non-hydrogen) atoms. The molecule has 1 heterocycles. The van der Waals surface area contributed by atoms with Crippen molar-refractivity contribution in [2.75, 3.05) is 7.11 Å². The van der Waals surface area contributed by atoms with Crippen LogP contribution in [0.4, 0.5) is 0 Å². The lowest BCUT2D eigenvalue weighted by Crippen LogP contribution is -2.06. The molecule has 0 N–H and O–H groups in total. The lowest BCUT2D eigenvalue weighted by atomic mass is 9.92. The lowest BCUT2D eigenvalue weighted by molar-refractivity contribution is 0.0995. The molecule has 2 aliphatic carbocycles. The van der Waals surface area contributed by atoms with Gasteiger partial charge in [-0.1, -0.05) is 36.4 Å². The van der Waals surface area contributed by atoms with Crippen LogP contribution >= 0.6 is 0 Å². The van der Waals surface area contributed by atoms with E-state index in [2.05, 4.69) is 0 Å². The zero-order chi connectivity index (χ0) is 17.8. The van der Waals surface area contributed by atoms with Crippen LogP contribution in [0, 0.1) is 0 Å². The predicted molar refractivity (Wildman–Crippen MR) is 97.7 cm³/mol. The Hall–Kier alpha value is -3.27. The highest BCUT2D eigenvalue weighted by Crippen LogP contribution is 2.44. The van der Waals surface area contributed by atoms with Gasteiger partial charge in [0.1, 0.15) is 5.75 Å². The van der Waals surface area contributed by atoms with Crippen molar-refractivity contribution in [3.63, 3.8) is 0 Å². The Morgan fingerprint density at radius 1 is 0.846 bits per heavy atom. The molecule has 2 aliphatic rings. The van der Waals surface area contributed by atoms with Gasteiger partial charge >= 0.3 is 0 Å². The third kappa shape index (κ3) is 1.93. The van der Waals surface area contributed by atoms with E-state index in [1.807, 2.05) is 48.5 Å². The Morgan fingerprint density at radius 2 is 1.58 bits per heavy atom. The summed E-state index contributed by atoms with van der Waals surface area (Å²) in [5.74, 6) is 0.735. The van der Waals surface area contributed by atoms with E-state index in [9.17, 15) is 9.59 Å². The highest BCUT2D eigenvalue weighted by atomic mass is 16.5. The van der Waals surface area contributed by atoms with Gasteiger partial charge < -0.3 is 4.74 Å². The van der Waals surface area contributed by atoms with Crippen molar-refractivity contribution in [1.82, 2.24) is 4.98 Å². The highest BCUT2D eigenvalue weighted by molar-refractivity contribution is 6.26. The van der Waals surface area contributed by atoms with Crippen molar-refractivity contribution in [2.24, 2.45) is 0 Å². The maximum absolute atomic E-state index is 13.1. The van der Waals surface area contributed by atoms with E-state index in [4.69, 9.17) is 9.72 Å². The Kier molecular flexibility index (Phi) is 3.10. The largest absolute Gasteiger partial charge is 0.497 e.